The molecule has 0 bridgehead atoms. The van der Waals surface area contributed by atoms with Gasteiger partial charge in [-0.15, -0.1) is 10.2 Å². The number of alkyl halides is 3. The molecule has 2 amide bonds. The van der Waals surface area contributed by atoms with Crippen LogP contribution in [0.4, 0.5) is 23.8 Å². The number of aromatic nitrogens is 2. The molecule has 0 aliphatic heterocycles. The maximum absolute atomic E-state index is 12.4. The van der Waals surface area contributed by atoms with Crippen molar-refractivity contribution in [3.63, 3.8) is 0 Å². The molecule has 2 aromatic rings. The zero-order valence-corrected chi connectivity index (χ0v) is 11.4. The van der Waals surface area contributed by atoms with Crippen molar-refractivity contribution >= 4 is 22.8 Å². The van der Waals surface area contributed by atoms with Gasteiger partial charge in [0.2, 0.25) is 0 Å². The Morgan fingerprint density at radius 1 is 1.27 bits per heavy atom. The number of carbonyl (C=O) groups is 1. The highest BCUT2D eigenvalue weighted by Crippen LogP contribution is 2.49. The average Bonchev–Trinajstić information content (AvgIpc) is 3.25. The van der Waals surface area contributed by atoms with Crippen LogP contribution in [-0.4, -0.2) is 28.9 Å². The SMILES string of the molecule is O=C(NC[C@@H]1C[C@H]1C(F)(F)F)Nc1cc2ccccc2nn1. The summed E-state index contributed by atoms with van der Waals surface area (Å²) in [6.45, 7) is -0.00296. The summed E-state index contributed by atoms with van der Waals surface area (Å²) in [5, 5.41) is 13.5. The van der Waals surface area contributed by atoms with Gasteiger partial charge in [-0.1, -0.05) is 18.2 Å². The molecule has 116 valence electrons. The van der Waals surface area contributed by atoms with Crippen LogP contribution in [0.15, 0.2) is 30.3 Å². The number of nitrogens with one attached hydrogen (secondary N) is 2. The van der Waals surface area contributed by atoms with Gasteiger partial charge in [0.15, 0.2) is 5.82 Å². The molecular formula is C14H13F3N4O. The van der Waals surface area contributed by atoms with Crippen LogP contribution in [0.5, 0.6) is 0 Å². The molecular weight excluding hydrogens is 297 g/mol. The Morgan fingerprint density at radius 2 is 2.05 bits per heavy atom. The van der Waals surface area contributed by atoms with Crippen LogP contribution in [0.3, 0.4) is 0 Å². The van der Waals surface area contributed by atoms with Gasteiger partial charge in [0, 0.05) is 11.9 Å². The fourth-order valence-corrected chi connectivity index (χ4v) is 2.30. The van der Waals surface area contributed by atoms with E-state index in [9.17, 15) is 18.0 Å². The minimum Gasteiger partial charge on any atom is -0.338 e. The van der Waals surface area contributed by atoms with E-state index in [4.69, 9.17) is 0 Å². The first-order valence-electron chi connectivity index (χ1n) is 6.77. The summed E-state index contributed by atoms with van der Waals surface area (Å²) in [7, 11) is 0. The number of rotatable bonds is 3. The Morgan fingerprint density at radius 3 is 2.77 bits per heavy atom. The van der Waals surface area contributed by atoms with E-state index in [0.717, 1.165) is 5.39 Å². The van der Waals surface area contributed by atoms with Crippen LogP contribution >= 0.6 is 0 Å². The van der Waals surface area contributed by atoms with Crippen molar-refractivity contribution in [2.24, 2.45) is 11.8 Å². The lowest BCUT2D eigenvalue weighted by atomic mass is 10.2. The predicted molar refractivity (Wildman–Crippen MR) is 74.2 cm³/mol. The topological polar surface area (TPSA) is 66.9 Å². The number of nitrogens with zero attached hydrogens (tertiary/aromatic N) is 2. The van der Waals surface area contributed by atoms with E-state index in [0.29, 0.717) is 5.52 Å². The number of fused-ring (bicyclic) bond motifs is 1. The van der Waals surface area contributed by atoms with E-state index in [-0.39, 0.29) is 18.8 Å². The summed E-state index contributed by atoms with van der Waals surface area (Å²) < 4.78 is 37.1. The number of hydrogen-bond acceptors (Lipinski definition) is 3. The predicted octanol–water partition coefficient (Wildman–Crippen LogP) is 2.95. The molecule has 1 saturated carbocycles. The van der Waals surface area contributed by atoms with E-state index in [1.165, 1.54) is 0 Å². The Balaban J connectivity index is 1.53. The van der Waals surface area contributed by atoms with Crippen LogP contribution in [0.1, 0.15) is 6.42 Å². The first-order valence-corrected chi connectivity index (χ1v) is 6.77. The Bertz CT molecular complexity index is 704. The first kappa shape index (κ1) is 14.6. The summed E-state index contributed by atoms with van der Waals surface area (Å²) in [6.07, 6.45) is -4.10. The summed E-state index contributed by atoms with van der Waals surface area (Å²) in [6, 6.07) is 8.33. The third-order valence-corrected chi connectivity index (χ3v) is 3.60. The number of halogens is 3. The minimum atomic E-state index is -4.17. The highest BCUT2D eigenvalue weighted by atomic mass is 19.4. The van der Waals surface area contributed by atoms with Crippen LogP contribution in [0.25, 0.3) is 10.9 Å². The number of anilines is 1. The number of benzene rings is 1. The Labute approximate surface area is 123 Å². The van der Waals surface area contributed by atoms with Crippen molar-refractivity contribution in [1.29, 1.82) is 0 Å². The summed E-state index contributed by atoms with van der Waals surface area (Å²) in [4.78, 5) is 11.7. The Kier molecular flexibility index (Phi) is 3.59. The molecule has 22 heavy (non-hydrogen) atoms. The Hall–Kier alpha value is -2.38. The van der Waals surface area contributed by atoms with E-state index in [1.54, 1.807) is 12.1 Å². The van der Waals surface area contributed by atoms with Gasteiger partial charge in [-0.3, -0.25) is 5.32 Å². The van der Waals surface area contributed by atoms with Gasteiger partial charge >= 0.3 is 12.2 Å². The van der Waals surface area contributed by atoms with Crippen molar-refractivity contribution in [1.82, 2.24) is 15.5 Å². The van der Waals surface area contributed by atoms with Gasteiger partial charge in [0.05, 0.1) is 11.4 Å². The maximum atomic E-state index is 12.4. The van der Waals surface area contributed by atoms with E-state index >= 15 is 0 Å². The molecule has 1 heterocycles. The number of carbonyl (C=O) groups excluding carboxylic acids is 1. The molecule has 0 saturated heterocycles. The minimum absolute atomic E-state index is 0.00296. The second-order valence-corrected chi connectivity index (χ2v) is 5.27. The lowest BCUT2D eigenvalue weighted by Crippen LogP contribution is -2.31. The van der Waals surface area contributed by atoms with Crippen LogP contribution in [0.2, 0.25) is 0 Å². The third-order valence-electron chi connectivity index (χ3n) is 3.60. The molecule has 1 aliphatic carbocycles. The lowest BCUT2D eigenvalue weighted by Gasteiger charge is -2.08. The van der Waals surface area contributed by atoms with Gasteiger partial charge in [-0.2, -0.15) is 13.2 Å². The normalized spacial score (nSPS) is 20.7. The molecule has 3 rings (SSSR count). The van der Waals surface area contributed by atoms with Gasteiger partial charge in [-0.25, -0.2) is 4.79 Å². The van der Waals surface area contributed by atoms with Gasteiger partial charge in [-0.05, 0) is 24.5 Å². The molecule has 1 aliphatic rings. The van der Waals surface area contributed by atoms with Crippen molar-refractivity contribution in [2.45, 2.75) is 12.6 Å². The first-order chi connectivity index (χ1) is 10.4. The fourth-order valence-electron chi connectivity index (χ4n) is 2.30. The van der Waals surface area contributed by atoms with E-state index in [2.05, 4.69) is 20.8 Å². The molecule has 8 heteroatoms. The summed E-state index contributed by atoms with van der Waals surface area (Å²) in [5.41, 5.74) is 0.694. The van der Waals surface area contributed by atoms with Gasteiger partial charge in [0.25, 0.3) is 0 Å². The molecule has 0 unspecified atom stereocenters. The number of amides is 2. The second-order valence-electron chi connectivity index (χ2n) is 5.27. The molecule has 5 nitrogen and oxygen atoms in total. The van der Waals surface area contributed by atoms with Crippen molar-refractivity contribution < 1.29 is 18.0 Å². The molecule has 2 N–H and O–H groups in total. The lowest BCUT2D eigenvalue weighted by molar-refractivity contribution is -0.150. The molecule has 0 radical (unpaired) electrons. The van der Waals surface area contributed by atoms with Crippen LogP contribution in [-0.2, 0) is 0 Å². The quantitative estimate of drug-likeness (QED) is 0.916. The van der Waals surface area contributed by atoms with Gasteiger partial charge < -0.3 is 5.32 Å². The zero-order valence-electron chi connectivity index (χ0n) is 11.4. The monoisotopic (exact) mass is 310 g/mol. The van der Waals surface area contributed by atoms with E-state index < -0.39 is 24.0 Å². The van der Waals surface area contributed by atoms with Crippen molar-refractivity contribution in [3.8, 4) is 0 Å². The standard InChI is InChI=1S/C14H13F3N4O/c15-14(16,17)10-5-9(10)7-18-13(22)19-12-6-8-3-1-2-4-11(8)20-21-12/h1-4,6,9-10H,5,7H2,(H2,18,19,21,22)/t9-,10+/m0/s1. The smallest absolute Gasteiger partial charge is 0.338 e. The third kappa shape index (κ3) is 3.26. The molecule has 1 aromatic carbocycles. The maximum Gasteiger partial charge on any atom is 0.392 e. The summed E-state index contributed by atoms with van der Waals surface area (Å²) in [5.74, 6) is -1.58. The van der Waals surface area contributed by atoms with Crippen molar-refractivity contribution in [2.75, 3.05) is 11.9 Å². The highest BCUT2D eigenvalue weighted by Gasteiger charge is 2.55. The van der Waals surface area contributed by atoms with Crippen LogP contribution in [0, 0.1) is 11.8 Å². The van der Waals surface area contributed by atoms with Crippen molar-refractivity contribution in [3.05, 3.63) is 30.3 Å². The summed E-state index contributed by atoms with van der Waals surface area (Å²) >= 11 is 0. The van der Waals surface area contributed by atoms with Gasteiger partial charge in [0.1, 0.15) is 0 Å². The molecule has 2 atom stereocenters. The molecule has 1 fully saturated rings. The largest absolute Gasteiger partial charge is 0.392 e. The fraction of sp³-hybridized carbons (Fsp3) is 0.357. The average molecular weight is 310 g/mol. The molecule has 0 spiro atoms. The zero-order chi connectivity index (χ0) is 15.7. The second kappa shape index (κ2) is 5.43. The molecule has 1 aromatic heterocycles. The van der Waals surface area contributed by atoms with Crippen LogP contribution < -0.4 is 10.6 Å². The van der Waals surface area contributed by atoms with E-state index in [1.807, 2.05) is 18.2 Å². The number of hydrogen-bond donors (Lipinski definition) is 2. The highest BCUT2D eigenvalue weighted by molar-refractivity contribution is 5.90. The number of urea groups is 1.